The van der Waals surface area contributed by atoms with Crippen molar-refractivity contribution >= 4 is 11.5 Å². The molecule has 21 heavy (non-hydrogen) atoms. The standard InChI is InChI=1S/C18H25N3/c1-12-7-13(2)9-16(8-12)21(6)18-17(11-19-5)14(3)10-15(4)20-18/h7-10,19H,11H2,1-6H3. The summed E-state index contributed by atoms with van der Waals surface area (Å²) >= 11 is 0. The Kier molecular flexibility index (Phi) is 4.63. The molecule has 0 aliphatic rings. The van der Waals surface area contributed by atoms with Crippen molar-refractivity contribution in [2.24, 2.45) is 0 Å². The van der Waals surface area contributed by atoms with E-state index >= 15 is 0 Å². The molecule has 0 unspecified atom stereocenters. The van der Waals surface area contributed by atoms with Crippen molar-refractivity contribution in [3.05, 3.63) is 52.2 Å². The summed E-state index contributed by atoms with van der Waals surface area (Å²) in [5.41, 5.74) is 7.32. The lowest BCUT2D eigenvalue weighted by atomic mass is 10.1. The van der Waals surface area contributed by atoms with Crippen LogP contribution < -0.4 is 10.2 Å². The van der Waals surface area contributed by atoms with Gasteiger partial charge in [0.25, 0.3) is 0 Å². The minimum atomic E-state index is 0.823. The minimum absolute atomic E-state index is 0.823. The first-order valence-corrected chi connectivity index (χ1v) is 7.36. The van der Waals surface area contributed by atoms with E-state index in [-0.39, 0.29) is 0 Å². The first-order valence-electron chi connectivity index (χ1n) is 7.36. The molecule has 2 rings (SSSR count). The van der Waals surface area contributed by atoms with Gasteiger partial charge < -0.3 is 10.2 Å². The number of hydrogen-bond acceptors (Lipinski definition) is 3. The highest BCUT2D eigenvalue weighted by Crippen LogP contribution is 2.29. The molecule has 0 radical (unpaired) electrons. The van der Waals surface area contributed by atoms with Crippen molar-refractivity contribution in [3.8, 4) is 0 Å². The van der Waals surface area contributed by atoms with Crippen molar-refractivity contribution < 1.29 is 0 Å². The Balaban J connectivity index is 2.53. The lowest BCUT2D eigenvalue weighted by Crippen LogP contribution is -2.18. The molecule has 1 heterocycles. The fourth-order valence-electron chi connectivity index (χ4n) is 2.78. The van der Waals surface area contributed by atoms with E-state index in [1.165, 1.54) is 27.9 Å². The van der Waals surface area contributed by atoms with E-state index in [4.69, 9.17) is 4.98 Å². The van der Waals surface area contributed by atoms with Gasteiger partial charge in [0.15, 0.2) is 0 Å². The molecule has 3 heteroatoms. The second kappa shape index (κ2) is 6.27. The Morgan fingerprint density at radius 3 is 2.19 bits per heavy atom. The van der Waals surface area contributed by atoms with Gasteiger partial charge in [0.1, 0.15) is 5.82 Å². The molecule has 1 aromatic carbocycles. The van der Waals surface area contributed by atoms with Gasteiger partial charge in [-0.25, -0.2) is 4.98 Å². The lowest BCUT2D eigenvalue weighted by molar-refractivity contribution is 0.802. The van der Waals surface area contributed by atoms with Crippen molar-refractivity contribution in [2.45, 2.75) is 34.2 Å². The van der Waals surface area contributed by atoms with Gasteiger partial charge in [-0.2, -0.15) is 0 Å². The quantitative estimate of drug-likeness (QED) is 0.925. The largest absolute Gasteiger partial charge is 0.329 e. The smallest absolute Gasteiger partial charge is 0.137 e. The molecular formula is C18H25N3. The van der Waals surface area contributed by atoms with Crippen LogP contribution in [-0.4, -0.2) is 19.1 Å². The Morgan fingerprint density at radius 1 is 1.00 bits per heavy atom. The van der Waals surface area contributed by atoms with Crippen LogP contribution in [-0.2, 0) is 6.54 Å². The van der Waals surface area contributed by atoms with Crippen LogP contribution in [0.25, 0.3) is 0 Å². The highest BCUT2D eigenvalue weighted by atomic mass is 15.2. The Hall–Kier alpha value is -1.87. The van der Waals surface area contributed by atoms with Crippen LogP contribution in [0.1, 0.15) is 27.9 Å². The number of benzene rings is 1. The third-order valence-corrected chi connectivity index (χ3v) is 3.72. The Bertz CT molecular complexity index is 627. The highest BCUT2D eigenvalue weighted by molar-refractivity contribution is 5.65. The number of aryl methyl sites for hydroxylation is 4. The summed E-state index contributed by atoms with van der Waals surface area (Å²) in [6.45, 7) is 9.29. The van der Waals surface area contributed by atoms with Gasteiger partial charge in [0, 0.05) is 30.5 Å². The van der Waals surface area contributed by atoms with Gasteiger partial charge >= 0.3 is 0 Å². The molecule has 112 valence electrons. The predicted molar refractivity (Wildman–Crippen MR) is 90.5 cm³/mol. The molecule has 0 bridgehead atoms. The zero-order valence-electron chi connectivity index (χ0n) is 13.9. The molecule has 1 aromatic heterocycles. The number of nitrogens with one attached hydrogen (secondary N) is 1. The van der Waals surface area contributed by atoms with E-state index in [9.17, 15) is 0 Å². The highest BCUT2D eigenvalue weighted by Gasteiger charge is 2.14. The summed E-state index contributed by atoms with van der Waals surface area (Å²) in [6.07, 6.45) is 0. The van der Waals surface area contributed by atoms with E-state index < -0.39 is 0 Å². The van der Waals surface area contributed by atoms with E-state index in [0.717, 1.165) is 18.1 Å². The molecule has 0 aliphatic heterocycles. The zero-order valence-corrected chi connectivity index (χ0v) is 13.9. The third kappa shape index (κ3) is 3.42. The molecule has 0 amide bonds. The maximum atomic E-state index is 4.77. The lowest BCUT2D eigenvalue weighted by Gasteiger charge is -2.24. The summed E-state index contributed by atoms with van der Waals surface area (Å²) in [5, 5.41) is 3.25. The van der Waals surface area contributed by atoms with E-state index in [1.54, 1.807) is 0 Å². The van der Waals surface area contributed by atoms with Gasteiger partial charge in [-0.05, 0) is 69.6 Å². The minimum Gasteiger partial charge on any atom is -0.329 e. The van der Waals surface area contributed by atoms with Crippen LogP contribution in [0.15, 0.2) is 24.3 Å². The summed E-state index contributed by atoms with van der Waals surface area (Å²) in [5.74, 6) is 1.03. The Labute approximate surface area is 128 Å². The molecule has 1 N–H and O–H groups in total. The van der Waals surface area contributed by atoms with Crippen molar-refractivity contribution in [1.82, 2.24) is 10.3 Å². The number of pyridine rings is 1. The second-order valence-electron chi connectivity index (χ2n) is 5.82. The maximum Gasteiger partial charge on any atom is 0.137 e. The van der Waals surface area contributed by atoms with Crippen LogP contribution in [0.2, 0.25) is 0 Å². The fourth-order valence-corrected chi connectivity index (χ4v) is 2.78. The summed E-state index contributed by atoms with van der Waals surface area (Å²) in [7, 11) is 4.06. The molecule has 0 atom stereocenters. The van der Waals surface area contributed by atoms with Crippen LogP contribution in [0.4, 0.5) is 11.5 Å². The van der Waals surface area contributed by atoms with Crippen molar-refractivity contribution in [2.75, 3.05) is 19.0 Å². The first kappa shape index (κ1) is 15.5. The van der Waals surface area contributed by atoms with Crippen molar-refractivity contribution in [3.63, 3.8) is 0 Å². The number of anilines is 2. The average molecular weight is 283 g/mol. The van der Waals surface area contributed by atoms with E-state index in [0.29, 0.717) is 0 Å². The molecule has 0 saturated carbocycles. The normalized spacial score (nSPS) is 10.8. The molecule has 0 spiro atoms. The Morgan fingerprint density at radius 2 is 1.62 bits per heavy atom. The molecular weight excluding hydrogens is 258 g/mol. The second-order valence-corrected chi connectivity index (χ2v) is 5.82. The third-order valence-electron chi connectivity index (χ3n) is 3.72. The molecule has 2 aromatic rings. The van der Waals surface area contributed by atoms with Crippen LogP contribution in [0.3, 0.4) is 0 Å². The van der Waals surface area contributed by atoms with Crippen LogP contribution in [0, 0.1) is 27.7 Å². The van der Waals surface area contributed by atoms with E-state index in [1.807, 2.05) is 7.05 Å². The number of aromatic nitrogens is 1. The molecule has 0 aliphatic carbocycles. The predicted octanol–water partition coefficient (Wildman–Crippen LogP) is 3.80. The maximum absolute atomic E-state index is 4.77. The average Bonchev–Trinajstić information content (AvgIpc) is 2.39. The van der Waals surface area contributed by atoms with Gasteiger partial charge in [-0.1, -0.05) is 6.07 Å². The molecule has 3 nitrogen and oxygen atoms in total. The summed E-state index contributed by atoms with van der Waals surface area (Å²) in [4.78, 5) is 6.96. The molecule has 0 saturated heterocycles. The van der Waals surface area contributed by atoms with Gasteiger partial charge in [0.05, 0.1) is 0 Å². The summed E-state index contributed by atoms with van der Waals surface area (Å²) < 4.78 is 0. The SMILES string of the molecule is CNCc1c(C)cc(C)nc1N(C)c1cc(C)cc(C)c1. The first-order chi connectivity index (χ1) is 9.92. The van der Waals surface area contributed by atoms with Gasteiger partial charge in [0.2, 0.25) is 0 Å². The molecule has 0 fully saturated rings. The zero-order chi connectivity index (χ0) is 15.6. The van der Waals surface area contributed by atoms with Gasteiger partial charge in [-0.15, -0.1) is 0 Å². The van der Waals surface area contributed by atoms with E-state index in [2.05, 4.69) is 69.2 Å². The summed E-state index contributed by atoms with van der Waals surface area (Å²) in [6, 6.07) is 8.75. The van der Waals surface area contributed by atoms with Crippen LogP contribution >= 0.6 is 0 Å². The monoisotopic (exact) mass is 283 g/mol. The number of rotatable bonds is 4. The number of nitrogens with zero attached hydrogens (tertiary/aromatic N) is 2. The van der Waals surface area contributed by atoms with Crippen LogP contribution in [0.5, 0.6) is 0 Å². The fraction of sp³-hybridized carbons (Fsp3) is 0.389. The topological polar surface area (TPSA) is 28.2 Å². The van der Waals surface area contributed by atoms with Crippen molar-refractivity contribution in [1.29, 1.82) is 0 Å². The number of hydrogen-bond donors (Lipinski definition) is 1. The van der Waals surface area contributed by atoms with Gasteiger partial charge in [-0.3, -0.25) is 0 Å².